The molecule has 0 bridgehead atoms. The monoisotopic (exact) mass is 258 g/mol. The highest BCUT2D eigenvalue weighted by Gasteiger charge is 2.28. The fourth-order valence-electron chi connectivity index (χ4n) is 2.56. The first-order chi connectivity index (χ1) is 9.02. The molecule has 0 aliphatic carbocycles. The molecule has 0 radical (unpaired) electrons. The third kappa shape index (κ3) is 2.77. The minimum Gasteiger partial charge on any atom is -0.393 e. The van der Waals surface area contributed by atoms with Crippen LogP contribution in [-0.2, 0) is 0 Å². The highest BCUT2D eigenvalue weighted by atomic mass is 16.3. The van der Waals surface area contributed by atoms with Gasteiger partial charge in [-0.3, -0.25) is 4.79 Å². The third-order valence-corrected chi connectivity index (χ3v) is 3.75. The highest BCUT2D eigenvalue weighted by Crippen LogP contribution is 2.29. The molecule has 1 aromatic rings. The Balaban J connectivity index is 2.33. The van der Waals surface area contributed by atoms with Crippen molar-refractivity contribution in [2.24, 2.45) is 5.92 Å². The number of rotatable bonds is 3. The van der Waals surface area contributed by atoms with Gasteiger partial charge in [-0.15, -0.1) is 0 Å². The summed E-state index contributed by atoms with van der Waals surface area (Å²) in [6.07, 6.45) is 0.566. The third-order valence-electron chi connectivity index (χ3n) is 3.75. The normalized spacial score (nSPS) is 20.1. The van der Waals surface area contributed by atoms with E-state index in [-0.39, 0.29) is 17.8 Å². The van der Waals surface area contributed by atoms with E-state index in [0.29, 0.717) is 11.1 Å². The summed E-state index contributed by atoms with van der Waals surface area (Å²) in [6.45, 7) is 4.87. The van der Waals surface area contributed by atoms with Gasteiger partial charge in [0.15, 0.2) is 5.78 Å². The average Bonchev–Trinajstić information content (AvgIpc) is 2.87. The van der Waals surface area contributed by atoms with Crippen molar-refractivity contribution in [3.05, 3.63) is 29.3 Å². The Morgan fingerprint density at radius 1 is 1.58 bits per heavy atom. The van der Waals surface area contributed by atoms with Crippen molar-refractivity contribution >= 4 is 11.5 Å². The molecule has 2 unspecified atom stereocenters. The Hall–Kier alpha value is -1.86. The standard InChI is InChI=1S/C15H18N2O2/c1-10(18)13-5-6-17(9-13)15-7-12(8-16)3-4-14(15)11(2)19/h3-4,7,10,13,18H,5-6,9H2,1-2H3. The van der Waals surface area contributed by atoms with Crippen molar-refractivity contribution in [1.29, 1.82) is 5.26 Å². The molecule has 0 aromatic heterocycles. The first kappa shape index (κ1) is 13.6. The molecule has 1 N–H and O–H groups in total. The van der Waals surface area contributed by atoms with Crippen LogP contribution >= 0.6 is 0 Å². The summed E-state index contributed by atoms with van der Waals surface area (Å²) >= 11 is 0. The number of carbonyl (C=O) groups excluding carboxylic acids is 1. The van der Waals surface area contributed by atoms with Crippen molar-refractivity contribution in [3.8, 4) is 6.07 Å². The Morgan fingerprint density at radius 2 is 2.32 bits per heavy atom. The maximum atomic E-state index is 11.7. The van der Waals surface area contributed by atoms with E-state index in [1.165, 1.54) is 6.92 Å². The molecule has 0 amide bonds. The van der Waals surface area contributed by atoms with Crippen LogP contribution in [0.1, 0.15) is 36.2 Å². The zero-order valence-electron chi connectivity index (χ0n) is 11.3. The highest BCUT2D eigenvalue weighted by molar-refractivity contribution is 6.00. The van der Waals surface area contributed by atoms with Crippen LogP contribution in [-0.4, -0.2) is 30.1 Å². The zero-order valence-corrected chi connectivity index (χ0v) is 11.3. The van der Waals surface area contributed by atoms with E-state index in [9.17, 15) is 9.90 Å². The quantitative estimate of drug-likeness (QED) is 0.842. The lowest BCUT2D eigenvalue weighted by Gasteiger charge is -2.22. The lowest BCUT2D eigenvalue weighted by atomic mass is 10.0. The van der Waals surface area contributed by atoms with Gasteiger partial charge >= 0.3 is 0 Å². The molecule has 2 atom stereocenters. The lowest BCUT2D eigenvalue weighted by Crippen LogP contribution is -2.25. The predicted octanol–water partition coefficient (Wildman–Crippen LogP) is 1.97. The average molecular weight is 258 g/mol. The maximum Gasteiger partial charge on any atom is 0.161 e. The predicted molar refractivity (Wildman–Crippen MR) is 73.2 cm³/mol. The molecule has 4 nitrogen and oxygen atoms in total. The van der Waals surface area contributed by atoms with Gasteiger partial charge in [-0.05, 0) is 38.5 Å². The topological polar surface area (TPSA) is 64.3 Å². The number of hydrogen-bond donors (Lipinski definition) is 1. The minimum absolute atomic E-state index is 0.0000123. The maximum absolute atomic E-state index is 11.7. The summed E-state index contributed by atoms with van der Waals surface area (Å²) in [5.41, 5.74) is 2.01. The van der Waals surface area contributed by atoms with Crippen molar-refractivity contribution in [1.82, 2.24) is 0 Å². The summed E-state index contributed by atoms with van der Waals surface area (Å²) in [6, 6.07) is 7.25. The molecule has 1 aromatic carbocycles. The van der Waals surface area contributed by atoms with Crippen LogP contribution < -0.4 is 4.90 Å². The van der Waals surface area contributed by atoms with E-state index in [1.807, 2.05) is 0 Å². The van der Waals surface area contributed by atoms with Gasteiger partial charge in [-0.25, -0.2) is 0 Å². The molecule has 1 aliphatic rings. The van der Waals surface area contributed by atoms with Crippen LogP contribution in [0, 0.1) is 17.2 Å². The van der Waals surface area contributed by atoms with E-state index in [1.54, 1.807) is 25.1 Å². The molecular weight excluding hydrogens is 240 g/mol. The second kappa shape index (κ2) is 5.41. The SMILES string of the molecule is CC(=O)c1ccc(C#N)cc1N1CCC(C(C)O)C1. The van der Waals surface area contributed by atoms with E-state index in [2.05, 4.69) is 11.0 Å². The Morgan fingerprint density at radius 3 is 2.84 bits per heavy atom. The fraction of sp³-hybridized carbons (Fsp3) is 0.467. The van der Waals surface area contributed by atoms with E-state index >= 15 is 0 Å². The van der Waals surface area contributed by atoms with Crippen LogP contribution in [0.3, 0.4) is 0 Å². The number of ketones is 1. The summed E-state index contributed by atoms with van der Waals surface area (Å²) in [5.74, 6) is 0.227. The van der Waals surface area contributed by atoms with Crippen LogP contribution in [0.4, 0.5) is 5.69 Å². The molecule has 2 rings (SSSR count). The van der Waals surface area contributed by atoms with Crippen LogP contribution in [0.25, 0.3) is 0 Å². The molecule has 1 saturated heterocycles. The van der Waals surface area contributed by atoms with Gasteiger partial charge < -0.3 is 10.0 Å². The van der Waals surface area contributed by atoms with E-state index < -0.39 is 0 Å². The van der Waals surface area contributed by atoms with Crippen LogP contribution in [0.15, 0.2) is 18.2 Å². The fourth-order valence-corrected chi connectivity index (χ4v) is 2.56. The Labute approximate surface area is 113 Å². The molecule has 1 aliphatic heterocycles. The molecule has 1 heterocycles. The van der Waals surface area contributed by atoms with Crippen molar-refractivity contribution in [3.63, 3.8) is 0 Å². The number of hydrogen-bond acceptors (Lipinski definition) is 4. The number of nitriles is 1. The smallest absolute Gasteiger partial charge is 0.161 e. The number of benzene rings is 1. The molecule has 0 saturated carbocycles. The van der Waals surface area contributed by atoms with Gasteiger partial charge in [0.2, 0.25) is 0 Å². The second-order valence-electron chi connectivity index (χ2n) is 5.14. The van der Waals surface area contributed by atoms with Crippen molar-refractivity contribution in [2.75, 3.05) is 18.0 Å². The van der Waals surface area contributed by atoms with E-state index in [4.69, 9.17) is 5.26 Å². The van der Waals surface area contributed by atoms with Gasteiger partial charge in [-0.1, -0.05) is 0 Å². The molecular formula is C15H18N2O2. The lowest BCUT2D eigenvalue weighted by molar-refractivity contribution is 0.101. The van der Waals surface area contributed by atoms with Gasteiger partial charge in [-0.2, -0.15) is 5.26 Å². The molecule has 4 heteroatoms. The van der Waals surface area contributed by atoms with Gasteiger partial charge in [0.05, 0.1) is 17.7 Å². The summed E-state index contributed by atoms with van der Waals surface area (Å²) in [7, 11) is 0. The van der Waals surface area contributed by atoms with Gasteiger partial charge in [0.25, 0.3) is 0 Å². The molecule has 0 spiro atoms. The van der Waals surface area contributed by atoms with Gasteiger partial charge in [0.1, 0.15) is 0 Å². The summed E-state index contributed by atoms with van der Waals surface area (Å²) < 4.78 is 0. The van der Waals surface area contributed by atoms with E-state index in [0.717, 1.165) is 25.2 Å². The number of anilines is 1. The second-order valence-corrected chi connectivity index (χ2v) is 5.14. The number of Topliss-reactive ketones (excluding diaryl/α,β-unsaturated/α-hetero) is 1. The zero-order chi connectivity index (χ0) is 14.0. The van der Waals surface area contributed by atoms with Crippen LogP contribution in [0.5, 0.6) is 0 Å². The Bertz CT molecular complexity index is 531. The number of carbonyl (C=O) groups is 1. The number of aliphatic hydroxyl groups excluding tert-OH is 1. The Kier molecular flexibility index (Phi) is 3.87. The first-order valence-electron chi connectivity index (χ1n) is 6.51. The first-order valence-corrected chi connectivity index (χ1v) is 6.51. The molecule has 100 valence electrons. The van der Waals surface area contributed by atoms with Crippen LogP contribution in [0.2, 0.25) is 0 Å². The number of aliphatic hydroxyl groups is 1. The summed E-state index contributed by atoms with van der Waals surface area (Å²) in [5, 5.41) is 18.6. The minimum atomic E-state index is -0.343. The summed E-state index contributed by atoms with van der Waals surface area (Å²) in [4.78, 5) is 13.8. The van der Waals surface area contributed by atoms with Crippen molar-refractivity contribution < 1.29 is 9.90 Å². The van der Waals surface area contributed by atoms with Gasteiger partial charge in [0, 0.05) is 30.3 Å². The number of nitrogens with zero attached hydrogens (tertiary/aromatic N) is 2. The van der Waals surface area contributed by atoms with Crippen molar-refractivity contribution in [2.45, 2.75) is 26.4 Å². The molecule has 1 fully saturated rings. The molecule has 19 heavy (non-hydrogen) atoms. The largest absolute Gasteiger partial charge is 0.393 e.